The summed E-state index contributed by atoms with van der Waals surface area (Å²) in [5.74, 6) is 1.07. The number of ether oxygens (including phenoxy) is 1. The summed E-state index contributed by atoms with van der Waals surface area (Å²) in [5, 5.41) is 9.80. The molecule has 0 amide bonds. The molecule has 0 bridgehead atoms. The van der Waals surface area contributed by atoms with E-state index in [1.54, 1.807) is 18.0 Å². The van der Waals surface area contributed by atoms with Gasteiger partial charge in [0.25, 0.3) is 0 Å². The molecule has 5 rings (SSSR count). The number of nitrogens with zero attached hydrogens (tertiary/aromatic N) is 6. The van der Waals surface area contributed by atoms with Crippen LogP contribution in [0.4, 0.5) is 18.9 Å². The Bertz CT molecular complexity index is 1650. The van der Waals surface area contributed by atoms with Crippen LogP contribution in [0, 0.1) is 6.92 Å². The van der Waals surface area contributed by atoms with Gasteiger partial charge in [-0.05, 0) is 73.9 Å². The Hall–Kier alpha value is -4.23. The van der Waals surface area contributed by atoms with E-state index in [1.165, 1.54) is 46.4 Å². The first kappa shape index (κ1) is 30.2. The number of thiocarbonyl (C=S) groups is 1. The van der Waals surface area contributed by atoms with Gasteiger partial charge in [0.2, 0.25) is 5.11 Å². The zero-order chi connectivity index (χ0) is 30.6. The quantitative estimate of drug-likeness (QED) is 0.136. The van der Waals surface area contributed by atoms with E-state index < -0.39 is 6.36 Å². The summed E-state index contributed by atoms with van der Waals surface area (Å²) in [7, 11) is 0. The first-order valence-corrected chi connectivity index (χ1v) is 14.8. The average molecular weight is 624 g/mol. The third kappa shape index (κ3) is 7.59. The highest BCUT2D eigenvalue weighted by Crippen LogP contribution is 2.33. The van der Waals surface area contributed by atoms with E-state index in [0.717, 1.165) is 34.2 Å². The Morgan fingerprint density at radius 3 is 2.58 bits per heavy atom. The van der Waals surface area contributed by atoms with Crippen molar-refractivity contribution in [1.29, 1.82) is 0 Å². The molecule has 1 fully saturated rings. The van der Waals surface area contributed by atoms with Gasteiger partial charge in [0.15, 0.2) is 11.0 Å². The van der Waals surface area contributed by atoms with Crippen LogP contribution in [-0.4, -0.2) is 49.4 Å². The van der Waals surface area contributed by atoms with Crippen LogP contribution in [0.5, 0.6) is 5.75 Å². The van der Waals surface area contributed by atoms with Crippen LogP contribution in [-0.2, 0) is 6.42 Å². The first-order valence-electron chi connectivity index (χ1n) is 13.4. The lowest BCUT2D eigenvalue weighted by Crippen LogP contribution is -2.33. The van der Waals surface area contributed by atoms with E-state index >= 15 is 0 Å². The molecule has 1 unspecified atom stereocenters. The standard InChI is InChI=1S/C30H28F3N7OS2/c1-4-22-15-19(2)5-14-26(22)40-20(3)17-43-29(40)36-28(42)37-35-16-21-6-8-23(9-7-21)27-34-18-39(38-27)24-10-12-25(13-11-24)41-30(31,32)33/h5-16,18,20H,4,17H2,1-3H3,(H,37,42)/b35-16+,36-29-. The number of thioether (sulfide) groups is 1. The minimum Gasteiger partial charge on any atom is -0.406 e. The van der Waals surface area contributed by atoms with E-state index in [-0.39, 0.29) is 10.9 Å². The molecule has 0 spiro atoms. The van der Waals surface area contributed by atoms with Gasteiger partial charge in [0.1, 0.15) is 12.1 Å². The van der Waals surface area contributed by atoms with Crippen LogP contribution in [0.1, 0.15) is 30.5 Å². The topological polar surface area (TPSA) is 79.9 Å². The molecular weight excluding hydrogens is 596 g/mol. The number of hydrazone groups is 1. The molecule has 4 aromatic rings. The second kappa shape index (κ2) is 13.0. The summed E-state index contributed by atoms with van der Waals surface area (Å²) in [4.78, 5) is 11.2. The van der Waals surface area contributed by atoms with Gasteiger partial charge in [0, 0.05) is 23.0 Å². The molecule has 222 valence electrons. The van der Waals surface area contributed by atoms with E-state index in [4.69, 9.17) is 12.2 Å². The molecule has 2 heterocycles. The molecule has 0 saturated carbocycles. The Balaban J connectivity index is 1.20. The average Bonchev–Trinajstić information content (AvgIpc) is 3.60. The Morgan fingerprint density at radius 2 is 1.88 bits per heavy atom. The van der Waals surface area contributed by atoms with Crippen LogP contribution in [0.15, 0.2) is 83.2 Å². The first-order chi connectivity index (χ1) is 20.6. The molecule has 13 heteroatoms. The molecule has 1 atom stereocenters. The van der Waals surface area contributed by atoms with Gasteiger partial charge in [-0.15, -0.1) is 18.3 Å². The smallest absolute Gasteiger partial charge is 0.406 e. The number of alkyl halides is 3. The summed E-state index contributed by atoms with van der Waals surface area (Å²) < 4.78 is 42.6. The van der Waals surface area contributed by atoms with Crippen molar-refractivity contribution >= 4 is 46.2 Å². The van der Waals surface area contributed by atoms with Gasteiger partial charge in [-0.1, -0.05) is 60.6 Å². The van der Waals surface area contributed by atoms with Gasteiger partial charge >= 0.3 is 6.36 Å². The van der Waals surface area contributed by atoms with Gasteiger partial charge in [-0.2, -0.15) is 10.1 Å². The summed E-state index contributed by atoms with van der Waals surface area (Å²) >= 11 is 7.13. The van der Waals surface area contributed by atoms with Crippen molar-refractivity contribution in [3.05, 3.63) is 89.7 Å². The van der Waals surface area contributed by atoms with Crippen LogP contribution in [0.2, 0.25) is 0 Å². The molecule has 1 aliphatic rings. The molecule has 1 N–H and O–H groups in total. The maximum Gasteiger partial charge on any atom is 0.573 e. The fourth-order valence-electron chi connectivity index (χ4n) is 4.50. The number of hydrogen-bond acceptors (Lipinski definition) is 6. The molecule has 1 aliphatic heterocycles. The third-order valence-corrected chi connectivity index (χ3v) is 7.92. The Morgan fingerprint density at radius 1 is 1.14 bits per heavy atom. The summed E-state index contributed by atoms with van der Waals surface area (Å²) in [6.07, 6.45) is -0.682. The van der Waals surface area contributed by atoms with Crippen molar-refractivity contribution in [2.45, 2.75) is 39.6 Å². The van der Waals surface area contributed by atoms with Crippen LogP contribution >= 0.6 is 24.0 Å². The summed E-state index contributed by atoms with van der Waals surface area (Å²) in [6.45, 7) is 6.44. The lowest BCUT2D eigenvalue weighted by atomic mass is 10.1. The van der Waals surface area contributed by atoms with Crippen LogP contribution < -0.4 is 15.1 Å². The molecule has 0 aliphatic carbocycles. The predicted molar refractivity (Wildman–Crippen MR) is 169 cm³/mol. The molecular formula is C30H28F3N7OS2. The fraction of sp³-hybridized carbons (Fsp3) is 0.233. The Kier molecular flexibility index (Phi) is 9.11. The second-order valence-corrected chi connectivity index (χ2v) is 11.1. The highest BCUT2D eigenvalue weighted by atomic mass is 32.2. The fourth-order valence-corrected chi connectivity index (χ4v) is 5.81. The highest BCUT2D eigenvalue weighted by Gasteiger charge is 2.31. The number of amidine groups is 1. The number of rotatable bonds is 7. The largest absolute Gasteiger partial charge is 0.573 e. The number of halogens is 3. The summed E-state index contributed by atoms with van der Waals surface area (Å²) in [6, 6.07) is 19.6. The summed E-state index contributed by atoms with van der Waals surface area (Å²) in [5.41, 5.74) is 8.63. The number of benzene rings is 3. The number of aromatic nitrogens is 3. The van der Waals surface area contributed by atoms with Crippen molar-refractivity contribution in [3.63, 3.8) is 0 Å². The maximum atomic E-state index is 12.4. The van der Waals surface area contributed by atoms with Crippen molar-refractivity contribution in [2.75, 3.05) is 10.7 Å². The van der Waals surface area contributed by atoms with Crippen molar-refractivity contribution in [1.82, 2.24) is 20.2 Å². The number of nitrogens with one attached hydrogen (secondary N) is 1. The van der Waals surface area contributed by atoms with Gasteiger partial charge < -0.3 is 9.64 Å². The number of hydrogen-bond donors (Lipinski definition) is 1. The zero-order valence-corrected chi connectivity index (χ0v) is 25.2. The second-order valence-electron chi connectivity index (χ2n) is 9.76. The molecule has 1 aromatic heterocycles. The van der Waals surface area contributed by atoms with Crippen molar-refractivity contribution in [3.8, 4) is 22.8 Å². The molecule has 8 nitrogen and oxygen atoms in total. The van der Waals surface area contributed by atoms with Gasteiger partial charge in [-0.3, -0.25) is 5.43 Å². The number of anilines is 1. The molecule has 1 saturated heterocycles. The van der Waals surface area contributed by atoms with Gasteiger partial charge in [0.05, 0.1) is 11.9 Å². The van der Waals surface area contributed by atoms with Crippen molar-refractivity contribution in [2.24, 2.45) is 10.1 Å². The van der Waals surface area contributed by atoms with E-state index in [9.17, 15) is 13.2 Å². The number of aryl methyl sites for hydroxylation is 2. The monoisotopic (exact) mass is 623 g/mol. The van der Waals surface area contributed by atoms with Crippen LogP contribution in [0.25, 0.3) is 17.1 Å². The normalized spacial score (nSPS) is 16.3. The van der Waals surface area contributed by atoms with Crippen molar-refractivity contribution < 1.29 is 17.9 Å². The van der Waals surface area contributed by atoms with Gasteiger partial charge in [-0.25, -0.2) is 9.67 Å². The van der Waals surface area contributed by atoms with E-state index in [2.05, 4.69) is 74.2 Å². The minimum absolute atomic E-state index is 0.271. The highest BCUT2D eigenvalue weighted by molar-refractivity contribution is 8.14. The van der Waals surface area contributed by atoms with Crippen LogP contribution in [0.3, 0.4) is 0 Å². The van der Waals surface area contributed by atoms with E-state index in [1.807, 2.05) is 24.3 Å². The SMILES string of the molecule is CCc1cc(C)ccc1N1/C(=N/C(=S)N/N=C/c2ccc(-c3ncn(-c4ccc(OC(F)(F)F)cc4)n3)cc2)SCC1C. The molecule has 43 heavy (non-hydrogen) atoms. The van der Waals surface area contributed by atoms with E-state index in [0.29, 0.717) is 17.6 Å². The minimum atomic E-state index is -4.74. The maximum absolute atomic E-state index is 12.4. The lowest BCUT2D eigenvalue weighted by Gasteiger charge is -2.26. The predicted octanol–water partition coefficient (Wildman–Crippen LogP) is 6.91. The molecule has 0 radical (unpaired) electrons. The zero-order valence-electron chi connectivity index (χ0n) is 23.5. The molecule has 3 aromatic carbocycles. The Labute approximate surface area is 256 Å². The lowest BCUT2D eigenvalue weighted by molar-refractivity contribution is -0.274. The number of aliphatic imine (C=N–C) groups is 1. The third-order valence-electron chi connectivity index (χ3n) is 6.54.